The van der Waals surface area contributed by atoms with Crippen molar-refractivity contribution in [2.45, 2.75) is 40.7 Å². The number of rotatable bonds is 4. The van der Waals surface area contributed by atoms with Crippen molar-refractivity contribution in [3.05, 3.63) is 29.3 Å². The van der Waals surface area contributed by atoms with Gasteiger partial charge in [0.15, 0.2) is 0 Å². The Morgan fingerprint density at radius 2 is 1.68 bits per heavy atom. The highest BCUT2D eigenvalue weighted by atomic mass is 35.5. The third-order valence-corrected chi connectivity index (χ3v) is 3.38. The lowest BCUT2D eigenvalue weighted by Crippen LogP contribution is -2.50. The maximum Gasteiger partial charge on any atom is 0.243 e. The molecule has 1 atom stereocenters. The maximum absolute atomic E-state index is 11.9. The van der Waals surface area contributed by atoms with Gasteiger partial charge in [0, 0.05) is 5.69 Å². The molecular weight excluding hydrogens is 302 g/mol. The fraction of sp³-hybridized carbons (Fsp3) is 0.500. The Hall–Kier alpha value is -1.59. The van der Waals surface area contributed by atoms with Gasteiger partial charge >= 0.3 is 0 Å². The first-order valence-corrected chi connectivity index (χ1v) is 7.02. The van der Waals surface area contributed by atoms with Crippen molar-refractivity contribution >= 4 is 29.9 Å². The summed E-state index contributed by atoms with van der Waals surface area (Å²) in [6.07, 6.45) is 0. The first kappa shape index (κ1) is 20.4. The summed E-state index contributed by atoms with van der Waals surface area (Å²) in [7, 11) is 0. The molecule has 1 aromatic rings. The minimum Gasteiger partial charge on any atom is -0.346 e. The normalized spacial score (nSPS) is 12.1. The summed E-state index contributed by atoms with van der Waals surface area (Å²) in [5, 5.41) is 5.39. The third kappa shape index (κ3) is 5.66. The van der Waals surface area contributed by atoms with Crippen LogP contribution in [0.1, 0.15) is 31.9 Å². The van der Waals surface area contributed by atoms with Crippen molar-refractivity contribution in [2.75, 3.05) is 11.9 Å². The lowest BCUT2D eigenvalue weighted by Gasteiger charge is -2.25. The summed E-state index contributed by atoms with van der Waals surface area (Å²) < 4.78 is 0. The molecule has 0 fully saturated rings. The van der Waals surface area contributed by atoms with Gasteiger partial charge < -0.3 is 16.4 Å². The molecule has 0 saturated heterocycles. The van der Waals surface area contributed by atoms with Crippen molar-refractivity contribution in [1.29, 1.82) is 0 Å². The van der Waals surface area contributed by atoms with E-state index in [-0.39, 0.29) is 36.2 Å². The smallest absolute Gasteiger partial charge is 0.243 e. The van der Waals surface area contributed by atoms with Gasteiger partial charge in [-0.05, 0) is 30.4 Å². The van der Waals surface area contributed by atoms with E-state index in [1.54, 1.807) is 0 Å². The Morgan fingerprint density at radius 1 is 1.18 bits per heavy atom. The second-order valence-electron chi connectivity index (χ2n) is 6.38. The van der Waals surface area contributed by atoms with E-state index in [2.05, 4.69) is 10.6 Å². The lowest BCUT2D eigenvalue weighted by molar-refractivity contribution is -0.126. The summed E-state index contributed by atoms with van der Waals surface area (Å²) in [6, 6.07) is 5.14. The molecule has 2 amide bonds. The van der Waals surface area contributed by atoms with Crippen LogP contribution in [0.15, 0.2) is 18.2 Å². The minimum absolute atomic E-state index is 0. The molecule has 0 aliphatic rings. The molecule has 22 heavy (non-hydrogen) atoms. The summed E-state index contributed by atoms with van der Waals surface area (Å²) in [6.45, 7) is 9.42. The summed E-state index contributed by atoms with van der Waals surface area (Å²) in [5.41, 5.74) is 8.26. The van der Waals surface area contributed by atoms with E-state index >= 15 is 0 Å². The number of hydrogen-bond donors (Lipinski definition) is 3. The number of anilines is 1. The average Bonchev–Trinajstić information content (AvgIpc) is 2.38. The number of amides is 2. The van der Waals surface area contributed by atoms with Crippen LogP contribution in [-0.2, 0) is 9.59 Å². The number of carbonyl (C=O) groups is 2. The third-order valence-electron chi connectivity index (χ3n) is 3.38. The van der Waals surface area contributed by atoms with Gasteiger partial charge in [0.25, 0.3) is 0 Å². The molecule has 4 N–H and O–H groups in total. The number of aryl methyl sites for hydroxylation is 2. The maximum atomic E-state index is 11.9. The van der Waals surface area contributed by atoms with Crippen LogP contribution in [0.2, 0.25) is 0 Å². The number of hydrogen-bond acceptors (Lipinski definition) is 3. The van der Waals surface area contributed by atoms with Crippen molar-refractivity contribution in [3.8, 4) is 0 Å². The van der Waals surface area contributed by atoms with Crippen LogP contribution in [0.4, 0.5) is 5.69 Å². The average molecular weight is 328 g/mol. The van der Waals surface area contributed by atoms with Crippen LogP contribution in [0.3, 0.4) is 0 Å². The van der Waals surface area contributed by atoms with Gasteiger partial charge in [-0.15, -0.1) is 12.4 Å². The van der Waals surface area contributed by atoms with E-state index in [1.807, 2.05) is 52.8 Å². The second kappa shape index (κ2) is 8.15. The van der Waals surface area contributed by atoms with Crippen molar-refractivity contribution < 1.29 is 9.59 Å². The zero-order valence-corrected chi connectivity index (χ0v) is 14.6. The summed E-state index contributed by atoms with van der Waals surface area (Å²) in [5.74, 6) is -0.582. The highest BCUT2D eigenvalue weighted by Gasteiger charge is 2.27. The lowest BCUT2D eigenvalue weighted by atomic mass is 9.87. The van der Waals surface area contributed by atoms with Crippen molar-refractivity contribution in [1.82, 2.24) is 5.32 Å². The van der Waals surface area contributed by atoms with Gasteiger partial charge in [-0.25, -0.2) is 0 Å². The Morgan fingerprint density at radius 3 is 2.14 bits per heavy atom. The molecule has 0 aliphatic carbocycles. The monoisotopic (exact) mass is 327 g/mol. The molecule has 5 nitrogen and oxygen atoms in total. The highest BCUT2D eigenvalue weighted by Crippen LogP contribution is 2.19. The van der Waals surface area contributed by atoms with Gasteiger partial charge in [-0.3, -0.25) is 9.59 Å². The van der Waals surface area contributed by atoms with Crippen LogP contribution in [0.5, 0.6) is 0 Å². The van der Waals surface area contributed by atoms with Gasteiger partial charge in [-0.2, -0.15) is 0 Å². The van der Waals surface area contributed by atoms with Crippen LogP contribution in [0, 0.1) is 19.3 Å². The molecule has 0 aliphatic heterocycles. The Labute approximate surface area is 138 Å². The Kier molecular flexibility index (Phi) is 7.56. The molecule has 1 rings (SSSR count). The number of halogens is 1. The molecule has 0 saturated carbocycles. The fourth-order valence-corrected chi connectivity index (χ4v) is 1.87. The molecule has 6 heteroatoms. The zero-order chi connectivity index (χ0) is 16.2. The second-order valence-corrected chi connectivity index (χ2v) is 6.38. The molecule has 0 heterocycles. The predicted molar refractivity (Wildman–Crippen MR) is 92.2 cm³/mol. The molecule has 0 unspecified atom stereocenters. The highest BCUT2D eigenvalue weighted by molar-refractivity contribution is 5.96. The van der Waals surface area contributed by atoms with Crippen LogP contribution >= 0.6 is 12.4 Å². The number of para-hydroxylation sites is 1. The Bertz CT molecular complexity index is 518. The molecule has 124 valence electrons. The molecule has 0 spiro atoms. The van der Waals surface area contributed by atoms with Gasteiger partial charge in [0.05, 0.1) is 12.6 Å². The van der Waals surface area contributed by atoms with Gasteiger partial charge in [0.2, 0.25) is 11.8 Å². The number of nitrogens with one attached hydrogen (secondary N) is 2. The van der Waals surface area contributed by atoms with E-state index in [9.17, 15) is 9.59 Å². The largest absolute Gasteiger partial charge is 0.346 e. The topological polar surface area (TPSA) is 84.2 Å². The van der Waals surface area contributed by atoms with Crippen molar-refractivity contribution in [2.24, 2.45) is 11.1 Å². The molecule has 0 aromatic heterocycles. The molecule has 1 aromatic carbocycles. The standard InChI is InChI=1S/C16H25N3O2.ClH/c1-10-7-6-8-11(2)13(10)19-12(20)9-18-15(21)14(17)16(3,4)5;/h6-8,14H,9,17H2,1-5H3,(H,18,21)(H,19,20);1H/t14-;/m1./s1. The Balaban J connectivity index is 0.00000441. The first-order chi connectivity index (χ1) is 9.62. The van der Waals surface area contributed by atoms with Crippen LogP contribution < -0.4 is 16.4 Å². The quantitative estimate of drug-likeness (QED) is 0.792. The SMILES string of the molecule is Cc1cccc(C)c1NC(=O)CNC(=O)[C@@H](N)C(C)(C)C.Cl. The minimum atomic E-state index is -0.648. The number of nitrogens with two attached hydrogens (primary N) is 1. The van der Waals surface area contributed by atoms with E-state index < -0.39 is 6.04 Å². The van der Waals surface area contributed by atoms with Crippen molar-refractivity contribution in [3.63, 3.8) is 0 Å². The van der Waals surface area contributed by atoms with E-state index in [1.165, 1.54) is 0 Å². The van der Waals surface area contributed by atoms with E-state index in [0.717, 1.165) is 16.8 Å². The van der Waals surface area contributed by atoms with Crippen LogP contribution in [-0.4, -0.2) is 24.4 Å². The van der Waals surface area contributed by atoms with E-state index in [4.69, 9.17) is 5.73 Å². The molecular formula is C16H26ClN3O2. The number of carbonyl (C=O) groups excluding carboxylic acids is 2. The fourth-order valence-electron chi connectivity index (χ4n) is 1.87. The summed E-state index contributed by atoms with van der Waals surface area (Å²) >= 11 is 0. The summed E-state index contributed by atoms with van der Waals surface area (Å²) in [4.78, 5) is 23.8. The first-order valence-electron chi connectivity index (χ1n) is 7.02. The van der Waals surface area contributed by atoms with Gasteiger partial charge in [-0.1, -0.05) is 39.0 Å². The zero-order valence-electron chi connectivity index (χ0n) is 13.8. The molecule has 0 bridgehead atoms. The predicted octanol–water partition coefficient (Wildman–Crippen LogP) is 2.15. The van der Waals surface area contributed by atoms with E-state index in [0.29, 0.717) is 0 Å². The van der Waals surface area contributed by atoms with Crippen LogP contribution in [0.25, 0.3) is 0 Å². The number of benzene rings is 1. The molecule has 0 radical (unpaired) electrons. The van der Waals surface area contributed by atoms with Gasteiger partial charge in [0.1, 0.15) is 0 Å².